The van der Waals surface area contributed by atoms with Crippen molar-refractivity contribution in [2.24, 2.45) is 0 Å². The van der Waals surface area contributed by atoms with Crippen LogP contribution in [0, 0.1) is 12.7 Å². The third kappa shape index (κ3) is 7.55. The third-order valence-corrected chi connectivity index (χ3v) is 5.84. The van der Waals surface area contributed by atoms with Gasteiger partial charge >= 0.3 is 0 Å². The van der Waals surface area contributed by atoms with Crippen molar-refractivity contribution in [3.8, 4) is 0 Å². The van der Waals surface area contributed by atoms with Crippen LogP contribution in [0.25, 0.3) is 0 Å². The minimum absolute atomic E-state index is 0.139. The van der Waals surface area contributed by atoms with Crippen molar-refractivity contribution in [1.29, 1.82) is 0 Å². The van der Waals surface area contributed by atoms with Gasteiger partial charge in [0.15, 0.2) is 0 Å². The molecule has 178 valence electrons. The zero-order valence-corrected chi connectivity index (χ0v) is 20.0. The van der Waals surface area contributed by atoms with Crippen LogP contribution in [0.5, 0.6) is 0 Å². The fourth-order valence-electron chi connectivity index (χ4n) is 3.83. The Hall–Kier alpha value is -3.47. The number of aryl methyl sites for hydroxylation is 1. The predicted molar refractivity (Wildman–Crippen MR) is 134 cm³/mol. The summed E-state index contributed by atoms with van der Waals surface area (Å²) in [4.78, 5) is 28.6. The van der Waals surface area contributed by atoms with Crippen LogP contribution in [0.3, 0.4) is 0 Å². The second-order valence-corrected chi connectivity index (χ2v) is 8.66. The highest BCUT2D eigenvalue weighted by Crippen LogP contribution is 2.17. The lowest BCUT2D eigenvalue weighted by atomic mass is 10.0. The monoisotopic (exact) mass is 460 g/mol. The molecular weight excluding hydrogens is 427 g/mol. The van der Waals surface area contributed by atoms with Crippen molar-refractivity contribution in [3.05, 3.63) is 107 Å². The zero-order chi connectivity index (χ0) is 24.3. The maximum Gasteiger partial charge on any atom is 0.243 e. The van der Waals surface area contributed by atoms with Gasteiger partial charge in [-0.05, 0) is 42.2 Å². The van der Waals surface area contributed by atoms with Gasteiger partial charge in [0.2, 0.25) is 11.8 Å². The molecule has 5 heteroatoms. The van der Waals surface area contributed by atoms with E-state index in [1.165, 1.54) is 12.1 Å². The molecule has 0 radical (unpaired) electrons. The normalized spacial score (nSPS) is 11.6. The van der Waals surface area contributed by atoms with Gasteiger partial charge in [-0.1, -0.05) is 85.6 Å². The highest BCUT2D eigenvalue weighted by atomic mass is 19.1. The van der Waals surface area contributed by atoms with Gasteiger partial charge in [0.25, 0.3) is 0 Å². The van der Waals surface area contributed by atoms with Crippen LogP contribution in [0.1, 0.15) is 42.0 Å². The number of rotatable bonds is 11. The number of halogens is 1. The van der Waals surface area contributed by atoms with Gasteiger partial charge in [-0.3, -0.25) is 9.59 Å². The maximum atomic E-state index is 13.6. The minimum atomic E-state index is -0.678. The number of unbranched alkanes of at least 4 members (excludes halogenated alkanes) is 1. The summed E-state index contributed by atoms with van der Waals surface area (Å²) in [7, 11) is 0. The first-order valence-electron chi connectivity index (χ1n) is 11.9. The van der Waals surface area contributed by atoms with E-state index in [0.717, 1.165) is 35.1 Å². The first-order chi connectivity index (χ1) is 16.5. The summed E-state index contributed by atoms with van der Waals surface area (Å²) in [6.45, 7) is 4.86. The Labute approximate surface area is 201 Å². The molecule has 0 aliphatic rings. The number of carbonyl (C=O) groups excluding carboxylic acids is 2. The van der Waals surface area contributed by atoms with E-state index in [4.69, 9.17) is 0 Å². The van der Waals surface area contributed by atoms with Gasteiger partial charge in [0.05, 0.1) is 6.42 Å². The van der Waals surface area contributed by atoms with E-state index in [1.54, 1.807) is 17.0 Å². The predicted octanol–water partition coefficient (Wildman–Crippen LogP) is 5.23. The van der Waals surface area contributed by atoms with Gasteiger partial charge in [0, 0.05) is 19.5 Å². The Kier molecular flexibility index (Phi) is 9.39. The molecule has 4 nitrogen and oxygen atoms in total. The van der Waals surface area contributed by atoms with Crippen molar-refractivity contribution >= 4 is 11.8 Å². The van der Waals surface area contributed by atoms with Crippen LogP contribution in [-0.2, 0) is 29.0 Å². The Bertz CT molecular complexity index is 1050. The maximum absolute atomic E-state index is 13.6. The quantitative estimate of drug-likeness (QED) is 0.398. The SMILES string of the molecule is CCCCNC(=O)C(Cc1ccccc1)N(Cc1ccc(F)cc1)C(=O)Cc1ccc(C)cc1. The van der Waals surface area contributed by atoms with Gasteiger partial charge in [-0.25, -0.2) is 4.39 Å². The molecule has 0 heterocycles. The van der Waals surface area contributed by atoms with Crippen LogP contribution in [0.15, 0.2) is 78.9 Å². The lowest BCUT2D eigenvalue weighted by Gasteiger charge is -2.31. The zero-order valence-electron chi connectivity index (χ0n) is 20.0. The molecule has 0 aliphatic heterocycles. The summed E-state index contributed by atoms with van der Waals surface area (Å²) in [5, 5.41) is 3.01. The van der Waals surface area contributed by atoms with Gasteiger partial charge in [0.1, 0.15) is 11.9 Å². The lowest BCUT2D eigenvalue weighted by Crippen LogP contribution is -2.51. The van der Waals surface area contributed by atoms with E-state index in [2.05, 4.69) is 12.2 Å². The molecule has 0 saturated heterocycles. The Balaban J connectivity index is 1.92. The first kappa shape index (κ1) is 25.2. The van der Waals surface area contributed by atoms with Crippen molar-refractivity contribution in [2.45, 2.75) is 52.1 Å². The molecule has 1 unspecified atom stereocenters. The average molecular weight is 461 g/mol. The van der Waals surface area contributed by atoms with Crippen molar-refractivity contribution < 1.29 is 14.0 Å². The smallest absolute Gasteiger partial charge is 0.243 e. The van der Waals surface area contributed by atoms with Crippen molar-refractivity contribution in [2.75, 3.05) is 6.54 Å². The van der Waals surface area contributed by atoms with E-state index in [1.807, 2.05) is 61.5 Å². The molecule has 34 heavy (non-hydrogen) atoms. The third-order valence-electron chi connectivity index (χ3n) is 5.84. The standard InChI is InChI=1S/C29H33FN2O2/c1-3-4-18-31-29(34)27(19-23-8-6-5-7-9-23)32(21-25-14-16-26(30)17-15-25)28(33)20-24-12-10-22(2)11-13-24/h5-17,27H,3-4,18-21H2,1-2H3,(H,31,34). The van der Waals surface area contributed by atoms with Gasteiger partial charge in [-0.15, -0.1) is 0 Å². The Morgan fingerprint density at radius 1 is 0.882 bits per heavy atom. The molecule has 1 atom stereocenters. The molecule has 1 N–H and O–H groups in total. The Morgan fingerprint density at radius 3 is 2.18 bits per heavy atom. The number of hydrogen-bond donors (Lipinski definition) is 1. The molecule has 0 aromatic heterocycles. The molecule has 0 spiro atoms. The van der Waals surface area contributed by atoms with E-state index in [0.29, 0.717) is 13.0 Å². The summed E-state index contributed by atoms with van der Waals surface area (Å²) in [6.07, 6.45) is 2.43. The molecule has 3 aromatic rings. The summed E-state index contributed by atoms with van der Waals surface area (Å²) < 4.78 is 13.5. The van der Waals surface area contributed by atoms with Crippen LogP contribution in [-0.4, -0.2) is 29.3 Å². The molecule has 3 rings (SSSR count). The van der Waals surface area contributed by atoms with Crippen LogP contribution in [0.4, 0.5) is 4.39 Å². The first-order valence-corrected chi connectivity index (χ1v) is 11.9. The number of amides is 2. The fourth-order valence-corrected chi connectivity index (χ4v) is 3.83. The fraction of sp³-hybridized carbons (Fsp3) is 0.310. The summed E-state index contributed by atoms with van der Waals surface area (Å²) in [5.41, 5.74) is 3.77. The molecule has 0 fully saturated rings. The number of hydrogen-bond acceptors (Lipinski definition) is 2. The average Bonchev–Trinajstić information content (AvgIpc) is 2.84. The molecule has 0 bridgehead atoms. The summed E-state index contributed by atoms with van der Waals surface area (Å²) in [5.74, 6) is -0.643. The highest BCUT2D eigenvalue weighted by Gasteiger charge is 2.30. The van der Waals surface area contributed by atoms with Crippen molar-refractivity contribution in [3.63, 3.8) is 0 Å². The van der Waals surface area contributed by atoms with E-state index >= 15 is 0 Å². The van der Waals surface area contributed by atoms with E-state index in [9.17, 15) is 14.0 Å². The minimum Gasteiger partial charge on any atom is -0.354 e. The number of carbonyl (C=O) groups is 2. The molecular formula is C29H33FN2O2. The molecule has 3 aromatic carbocycles. The number of benzene rings is 3. The lowest BCUT2D eigenvalue weighted by molar-refractivity contribution is -0.140. The summed E-state index contributed by atoms with van der Waals surface area (Å²) in [6, 6.07) is 23.0. The molecule has 0 aliphatic carbocycles. The van der Waals surface area contributed by atoms with Crippen molar-refractivity contribution in [1.82, 2.24) is 10.2 Å². The topological polar surface area (TPSA) is 49.4 Å². The second kappa shape index (κ2) is 12.7. The largest absolute Gasteiger partial charge is 0.354 e. The van der Waals surface area contributed by atoms with Gasteiger partial charge in [-0.2, -0.15) is 0 Å². The van der Waals surface area contributed by atoms with Gasteiger partial charge < -0.3 is 10.2 Å². The number of nitrogens with one attached hydrogen (secondary N) is 1. The van der Waals surface area contributed by atoms with Crippen LogP contribution >= 0.6 is 0 Å². The second-order valence-electron chi connectivity index (χ2n) is 8.66. The van der Waals surface area contributed by atoms with Crippen LogP contribution in [0.2, 0.25) is 0 Å². The van der Waals surface area contributed by atoms with Crippen LogP contribution < -0.4 is 5.32 Å². The van der Waals surface area contributed by atoms with E-state index < -0.39 is 6.04 Å². The molecule has 2 amide bonds. The highest BCUT2D eigenvalue weighted by molar-refractivity contribution is 5.88. The number of nitrogens with zero attached hydrogens (tertiary/aromatic N) is 1. The molecule has 0 saturated carbocycles. The summed E-state index contributed by atoms with van der Waals surface area (Å²) >= 11 is 0. The van der Waals surface area contributed by atoms with E-state index in [-0.39, 0.29) is 30.6 Å². The Morgan fingerprint density at radius 2 is 1.53 bits per heavy atom.